The van der Waals surface area contributed by atoms with Crippen LogP contribution in [-0.4, -0.2) is 37.1 Å². The van der Waals surface area contributed by atoms with Crippen molar-refractivity contribution in [1.29, 1.82) is 0 Å². The fraction of sp³-hybridized carbons (Fsp3) is 0.235. The van der Waals surface area contributed by atoms with Gasteiger partial charge in [-0.3, -0.25) is 10.1 Å². The molecule has 4 rings (SSSR count). The van der Waals surface area contributed by atoms with E-state index in [1.54, 1.807) is 4.52 Å². The van der Waals surface area contributed by atoms with E-state index in [0.29, 0.717) is 18.2 Å². The number of pyridine rings is 1. The van der Waals surface area contributed by atoms with E-state index in [0.717, 1.165) is 46.3 Å². The van der Waals surface area contributed by atoms with Gasteiger partial charge in [-0.2, -0.15) is 4.98 Å². The summed E-state index contributed by atoms with van der Waals surface area (Å²) < 4.78 is 7.04. The van der Waals surface area contributed by atoms with Crippen molar-refractivity contribution in [3.63, 3.8) is 0 Å². The maximum Gasteiger partial charge on any atom is 0.410 e. The van der Waals surface area contributed by atoms with Crippen molar-refractivity contribution < 1.29 is 8.58 Å². The number of carbonyl (C=O) groups is 1. The van der Waals surface area contributed by atoms with Crippen molar-refractivity contribution in [3.05, 3.63) is 48.0 Å². The zero-order valence-electron chi connectivity index (χ0n) is 13.4. The molecule has 1 saturated carbocycles. The third-order valence-electron chi connectivity index (χ3n) is 4.10. The summed E-state index contributed by atoms with van der Waals surface area (Å²) in [5.74, 6) is 0.507. The molecule has 0 aliphatic heterocycles. The molecule has 7 heteroatoms. The SMILES string of the molecule is O=C(Nc1nc2cccc(-c3ccc(C[O][AlH2])cc3)n2n1)C1CC1. The van der Waals surface area contributed by atoms with E-state index in [1.165, 1.54) is 0 Å². The average Bonchev–Trinajstić information content (AvgIpc) is 3.36. The van der Waals surface area contributed by atoms with Crippen LogP contribution in [0.5, 0.6) is 0 Å². The first kappa shape index (κ1) is 15.3. The Labute approximate surface area is 147 Å². The Hall–Kier alpha value is -2.20. The largest absolute Gasteiger partial charge is 0.503 e. The molecule has 2 heterocycles. The summed E-state index contributed by atoms with van der Waals surface area (Å²) in [6, 6.07) is 14.0. The number of benzene rings is 1. The summed E-state index contributed by atoms with van der Waals surface area (Å²) in [6.45, 7) is 0.650. The van der Waals surface area contributed by atoms with Crippen LogP contribution in [-0.2, 0) is 15.2 Å². The smallest absolute Gasteiger partial charge is 0.410 e. The number of rotatable bonds is 5. The van der Waals surface area contributed by atoms with Crippen LogP contribution in [0.4, 0.5) is 5.95 Å². The van der Waals surface area contributed by atoms with Gasteiger partial charge in [0.2, 0.25) is 11.9 Å². The van der Waals surface area contributed by atoms with Crippen LogP contribution in [0, 0.1) is 5.92 Å². The lowest BCUT2D eigenvalue weighted by Crippen LogP contribution is -2.14. The molecule has 1 aliphatic rings. The Kier molecular flexibility index (Phi) is 4.07. The predicted octanol–water partition coefficient (Wildman–Crippen LogP) is 1.81. The van der Waals surface area contributed by atoms with Crippen LogP contribution in [0.25, 0.3) is 16.9 Å². The molecule has 0 saturated heterocycles. The summed E-state index contributed by atoms with van der Waals surface area (Å²) >= 11 is 0.734. The first-order chi connectivity index (χ1) is 11.7. The minimum atomic E-state index is 0.0138. The molecule has 1 aliphatic carbocycles. The quantitative estimate of drug-likeness (QED) is 0.722. The summed E-state index contributed by atoms with van der Waals surface area (Å²) in [5, 5.41) is 7.26. The Bertz CT molecular complexity index is 887. The third-order valence-corrected chi connectivity index (χ3v) is 4.39. The van der Waals surface area contributed by atoms with Crippen molar-refractivity contribution in [2.45, 2.75) is 19.4 Å². The molecule has 1 fully saturated rings. The van der Waals surface area contributed by atoms with E-state index >= 15 is 0 Å². The van der Waals surface area contributed by atoms with Gasteiger partial charge in [-0.15, -0.1) is 5.10 Å². The highest BCUT2D eigenvalue weighted by Gasteiger charge is 2.30. The molecule has 3 aromatic rings. The molecule has 1 N–H and O–H groups in total. The number of amides is 1. The lowest BCUT2D eigenvalue weighted by Gasteiger charge is -2.06. The zero-order chi connectivity index (χ0) is 16.5. The Morgan fingerprint density at radius 1 is 1.25 bits per heavy atom. The summed E-state index contributed by atoms with van der Waals surface area (Å²) in [5.41, 5.74) is 3.84. The third kappa shape index (κ3) is 3.06. The van der Waals surface area contributed by atoms with Gasteiger partial charge in [0.15, 0.2) is 5.65 Å². The van der Waals surface area contributed by atoms with Crippen LogP contribution >= 0.6 is 0 Å². The van der Waals surface area contributed by atoms with Gasteiger partial charge in [-0.05, 0) is 30.5 Å². The Morgan fingerprint density at radius 2 is 2.04 bits per heavy atom. The number of anilines is 1. The van der Waals surface area contributed by atoms with Gasteiger partial charge in [0.25, 0.3) is 0 Å². The van der Waals surface area contributed by atoms with Crippen molar-refractivity contribution in [2.75, 3.05) is 5.32 Å². The summed E-state index contributed by atoms with van der Waals surface area (Å²) in [4.78, 5) is 16.3. The van der Waals surface area contributed by atoms with Gasteiger partial charge in [0.05, 0.1) is 5.69 Å². The van der Waals surface area contributed by atoms with Gasteiger partial charge < -0.3 is 3.79 Å². The zero-order valence-corrected chi connectivity index (χ0v) is 15.4. The van der Waals surface area contributed by atoms with Gasteiger partial charge >= 0.3 is 16.6 Å². The van der Waals surface area contributed by atoms with Crippen molar-refractivity contribution in [1.82, 2.24) is 14.6 Å². The lowest BCUT2D eigenvalue weighted by molar-refractivity contribution is -0.117. The molecular weight excluding hydrogens is 319 g/mol. The van der Waals surface area contributed by atoms with Crippen LogP contribution < -0.4 is 5.32 Å². The molecule has 0 spiro atoms. The fourth-order valence-corrected chi connectivity index (χ4v) is 3.01. The standard InChI is InChI=1S/C17H15N4O2.Al.2H/c22-10-11-4-6-12(7-5-11)14-2-1-3-15-18-17(20-21(14)15)19-16(23)13-8-9-13;;;/h1-7,13H,8-10H2,(H,19,20,23);;;/q-1;+1;;. The second-order valence-corrected chi connectivity index (χ2v) is 6.59. The fourth-order valence-electron chi connectivity index (χ4n) is 2.67. The van der Waals surface area contributed by atoms with Crippen LogP contribution in [0.3, 0.4) is 0 Å². The Balaban J connectivity index is 1.67. The number of aromatic nitrogens is 3. The van der Waals surface area contributed by atoms with E-state index in [2.05, 4.69) is 39.7 Å². The molecule has 0 radical (unpaired) electrons. The average molecular weight is 336 g/mol. The first-order valence-electron chi connectivity index (χ1n) is 7.99. The van der Waals surface area contributed by atoms with Gasteiger partial charge in [0.1, 0.15) is 0 Å². The number of nitrogens with zero attached hydrogens (tertiary/aromatic N) is 3. The molecule has 0 bridgehead atoms. The normalized spacial score (nSPS) is 14.0. The van der Waals surface area contributed by atoms with Crippen LogP contribution in [0.15, 0.2) is 42.5 Å². The number of nitrogens with one attached hydrogen (secondary N) is 1. The second kappa shape index (κ2) is 6.36. The highest BCUT2D eigenvalue weighted by atomic mass is 27.1. The lowest BCUT2D eigenvalue weighted by atomic mass is 10.1. The van der Waals surface area contributed by atoms with Crippen LogP contribution in [0.1, 0.15) is 18.4 Å². The molecule has 2 aromatic heterocycles. The molecule has 1 amide bonds. The first-order valence-corrected chi connectivity index (χ1v) is 8.81. The topological polar surface area (TPSA) is 68.5 Å². The van der Waals surface area contributed by atoms with Gasteiger partial charge in [0, 0.05) is 18.1 Å². The molecule has 0 atom stereocenters. The number of fused-ring (bicyclic) bond motifs is 1. The molecule has 120 valence electrons. The summed E-state index contributed by atoms with van der Waals surface area (Å²) in [7, 11) is 0. The van der Waals surface area contributed by atoms with Gasteiger partial charge in [-0.1, -0.05) is 30.3 Å². The predicted molar refractivity (Wildman–Crippen MR) is 93.1 cm³/mol. The Morgan fingerprint density at radius 3 is 2.75 bits per heavy atom. The highest BCUT2D eigenvalue weighted by molar-refractivity contribution is 5.97. The molecule has 0 unspecified atom stereocenters. The van der Waals surface area contributed by atoms with Crippen molar-refractivity contribution in [3.8, 4) is 11.3 Å². The number of carbonyl (C=O) groups excluding carboxylic acids is 1. The maximum atomic E-state index is 11.9. The van der Waals surface area contributed by atoms with E-state index < -0.39 is 0 Å². The van der Waals surface area contributed by atoms with Crippen molar-refractivity contribution >= 4 is 34.1 Å². The van der Waals surface area contributed by atoms with E-state index in [4.69, 9.17) is 3.79 Å². The van der Waals surface area contributed by atoms with E-state index in [9.17, 15) is 4.79 Å². The monoisotopic (exact) mass is 336 g/mol. The highest BCUT2D eigenvalue weighted by Crippen LogP contribution is 2.30. The van der Waals surface area contributed by atoms with E-state index in [1.807, 2.05) is 18.2 Å². The second-order valence-electron chi connectivity index (χ2n) is 6.01. The number of hydrogen-bond acceptors (Lipinski definition) is 4. The van der Waals surface area contributed by atoms with Crippen LogP contribution in [0.2, 0.25) is 0 Å². The minimum absolute atomic E-state index is 0.0138. The summed E-state index contributed by atoms with van der Waals surface area (Å²) in [6.07, 6.45) is 1.92. The van der Waals surface area contributed by atoms with Gasteiger partial charge in [-0.25, -0.2) is 4.52 Å². The molecule has 24 heavy (non-hydrogen) atoms. The minimum Gasteiger partial charge on any atom is -0.503 e. The molecular formula is C17H17AlN4O2. The molecule has 1 aromatic carbocycles. The maximum absolute atomic E-state index is 11.9. The molecule has 6 nitrogen and oxygen atoms in total. The van der Waals surface area contributed by atoms with Crippen molar-refractivity contribution in [2.24, 2.45) is 5.92 Å². The number of hydrogen-bond donors (Lipinski definition) is 1. The van der Waals surface area contributed by atoms with E-state index in [-0.39, 0.29) is 11.8 Å².